The van der Waals surface area contributed by atoms with Crippen molar-refractivity contribution >= 4 is 11.9 Å². The maximum atomic E-state index is 12.3. The number of carbonyl (C=O) groups is 2. The quantitative estimate of drug-likeness (QED) is 0.892. The lowest BCUT2D eigenvalue weighted by atomic mass is 10.1. The van der Waals surface area contributed by atoms with Crippen LogP contribution < -0.4 is 0 Å². The van der Waals surface area contributed by atoms with E-state index >= 15 is 0 Å². The van der Waals surface area contributed by atoms with E-state index in [2.05, 4.69) is 24.2 Å². The molecule has 2 heterocycles. The number of hydrogen-bond acceptors (Lipinski definition) is 4. The van der Waals surface area contributed by atoms with Crippen molar-refractivity contribution in [2.45, 2.75) is 45.7 Å². The number of aromatic carboxylic acids is 1. The summed E-state index contributed by atoms with van der Waals surface area (Å²) in [6.45, 7) is 4.99. The monoisotopic (exact) mass is 280 g/mol. The second-order valence-corrected chi connectivity index (χ2v) is 5.54. The number of carboxylic acid groups (broad SMARTS) is 1. The zero-order chi connectivity index (χ0) is 14.7. The third-order valence-corrected chi connectivity index (χ3v) is 3.73. The lowest BCUT2D eigenvalue weighted by Crippen LogP contribution is -2.41. The van der Waals surface area contributed by atoms with Crippen molar-refractivity contribution < 1.29 is 14.7 Å². The first-order valence-corrected chi connectivity index (χ1v) is 6.90. The molecule has 2 unspecified atom stereocenters. The van der Waals surface area contributed by atoms with E-state index in [4.69, 9.17) is 5.11 Å². The summed E-state index contributed by atoms with van der Waals surface area (Å²) >= 11 is 0. The number of amides is 1. The minimum absolute atomic E-state index is 0.0342. The van der Waals surface area contributed by atoms with E-state index in [1.807, 2.05) is 4.90 Å². The molecule has 7 heteroatoms. The molecular formula is C13H20N4O3. The SMILES string of the molecule is CC1CCCC(C)N(C(=O)Cn2cc(C(=O)O)nn2)C1. The number of rotatable bonds is 3. The fraction of sp³-hybridized carbons (Fsp3) is 0.692. The molecule has 0 radical (unpaired) electrons. The third-order valence-electron chi connectivity index (χ3n) is 3.73. The summed E-state index contributed by atoms with van der Waals surface area (Å²) in [4.78, 5) is 25.0. The molecule has 7 nitrogen and oxygen atoms in total. The Labute approximate surface area is 117 Å². The van der Waals surface area contributed by atoms with Gasteiger partial charge >= 0.3 is 5.97 Å². The third kappa shape index (κ3) is 3.34. The van der Waals surface area contributed by atoms with Gasteiger partial charge in [0.15, 0.2) is 5.69 Å². The number of carbonyl (C=O) groups excluding carboxylic acids is 1. The Bertz CT molecular complexity index is 500. The molecular weight excluding hydrogens is 260 g/mol. The Morgan fingerprint density at radius 1 is 1.40 bits per heavy atom. The highest BCUT2D eigenvalue weighted by atomic mass is 16.4. The first-order valence-electron chi connectivity index (χ1n) is 6.90. The van der Waals surface area contributed by atoms with Gasteiger partial charge in [0.1, 0.15) is 6.54 Å². The highest BCUT2D eigenvalue weighted by molar-refractivity contribution is 5.84. The Hall–Kier alpha value is -1.92. The highest BCUT2D eigenvalue weighted by Gasteiger charge is 2.25. The summed E-state index contributed by atoms with van der Waals surface area (Å²) < 4.78 is 1.29. The van der Waals surface area contributed by atoms with Crippen molar-refractivity contribution in [2.24, 2.45) is 5.92 Å². The van der Waals surface area contributed by atoms with Crippen molar-refractivity contribution in [3.8, 4) is 0 Å². The van der Waals surface area contributed by atoms with Gasteiger partial charge in [0, 0.05) is 12.6 Å². The smallest absolute Gasteiger partial charge is 0.358 e. The first-order chi connectivity index (χ1) is 9.47. The number of aromatic nitrogens is 3. The largest absolute Gasteiger partial charge is 0.476 e. The van der Waals surface area contributed by atoms with Gasteiger partial charge in [-0.1, -0.05) is 18.6 Å². The first kappa shape index (κ1) is 14.5. The Morgan fingerprint density at radius 2 is 2.15 bits per heavy atom. The molecule has 110 valence electrons. The van der Waals surface area contributed by atoms with Gasteiger partial charge in [-0.25, -0.2) is 9.48 Å². The highest BCUT2D eigenvalue weighted by Crippen LogP contribution is 2.20. The molecule has 2 rings (SSSR count). The zero-order valence-electron chi connectivity index (χ0n) is 11.8. The molecule has 1 aliphatic rings. The van der Waals surface area contributed by atoms with Crippen molar-refractivity contribution in [3.05, 3.63) is 11.9 Å². The van der Waals surface area contributed by atoms with Crippen LogP contribution in [0.1, 0.15) is 43.6 Å². The summed E-state index contributed by atoms with van der Waals surface area (Å²) in [7, 11) is 0. The molecule has 20 heavy (non-hydrogen) atoms. The standard InChI is InChI=1S/C13H20N4O3/c1-9-4-3-5-10(2)17(6-9)12(18)8-16-7-11(13(19)20)14-15-16/h7,9-10H,3-6,8H2,1-2H3,(H,19,20). The minimum atomic E-state index is -1.14. The second kappa shape index (κ2) is 6.02. The van der Waals surface area contributed by atoms with Crippen LogP contribution in [0, 0.1) is 5.92 Å². The number of nitrogens with zero attached hydrogens (tertiary/aromatic N) is 4. The summed E-state index contributed by atoms with van der Waals surface area (Å²) in [6, 6.07) is 0.218. The molecule has 1 aromatic heterocycles. The molecule has 1 amide bonds. The van der Waals surface area contributed by atoms with E-state index in [0.29, 0.717) is 5.92 Å². The maximum absolute atomic E-state index is 12.3. The predicted octanol–water partition coefficient (Wildman–Crippen LogP) is 1.01. The van der Waals surface area contributed by atoms with Crippen molar-refractivity contribution in [2.75, 3.05) is 6.54 Å². The van der Waals surface area contributed by atoms with Crippen LogP contribution in [0.2, 0.25) is 0 Å². The van der Waals surface area contributed by atoms with Gasteiger partial charge < -0.3 is 10.0 Å². The normalized spacial score (nSPS) is 23.4. The van der Waals surface area contributed by atoms with Gasteiger partial charge in [-0.05, 0) is 25.7 Å². The lowest BCUT2D eigenvalue weighted by molar-refractivity contribution is -0.134. The molecule has 1 fully saturated rings. The zero-order valence-corrected chi connectivity index (χ0v) is 11.8. The van der Waals surface area contributed by atoms with Crippen LogP contribution in [0.25, 0.3) is 0 Å². The topological polar surface area (TPSA) is 88.3 Å². The minimum Gasteiger partial charge on any atom is -0.476 e. The molecule has 0 bridgehead atoms. The van der Waals surface area contributed by atoms with Gasteiger partial charge in [-0.3, -0.25) is 4.79 Å². The van der Waals surface area contributed by atoms with Crippen LogP contribution in [0.15, 0.2) is 6.20 Å². The van der Waals surface area contributed by atoms with E-state index in [0.717, 1.165) is 25.8 Å². The van der Waals surface area contributed by atoms with Crippen molar-refractivity contribution in [3.63, 3.8) is 0 Å². The molecule has 0 aromatic carbocycles. The molecule has 1 aliphatic heterocycles. The van der Waals surface area contributed by atoms with Gasteiger partial charge in [0.25, 0.3) is 0 Å². The predicted molar refractivity (Wildman–Crippen MR) is 71.2 cm³/mol. The average Bonchev–Trinajstić information content (AvgIpc) is 2.77. The molecule has 2 atom stereocenters. The average molecular weight is 280 g/mol. The number of carboxylic acids is 1. The molecule has 1 saturated heterocycles. The van der Waals surface area contributed by atoms with E-state index < -0.39 is 5.97 Å². The Morgan fingerprint density at radius 3 is 2.80 bits per heavy atom. The Balaban J connectivity index is 2.03. The van der Waals surface area contributed by atoms with E-state index in [1.54, 1.807) is 0 Å². The summed E-state index contributed by atoms with van der Waals surface area (Å²) in [5, 5.41) is 16.0. The maximum Gasteiger partial charge on any atom is 0.358 e. The van der Waals surface area contributed by atoms with Gasteiger partial charge in [-0.15, -0.1) is 5.10 Å². The molecule has 1 N–H and O–H groups in total. The van der Waals surface area contributed by atoms with Crippen LogP contribution in [0.3, 0.4) is 0 Å². The number of hydrogen-bond donors (Lipinski definition) is 1. The van der Waals surface area contributed by atoms with Crippen LogP contribution >= 0.6 is 0 Å². The fourth-order valence-corrected chi connectivity index (χ4v) is 2.58. The van der Waals surface area contributed by atoms with Gasteiger partial charge in [0.05, 0.1) is 6.20 Å². The second-order valence-electron chi connectivity index (χ2n) is 5.54. The fourth-order valence-electron chi connectivity index (χ4n) is 2.58. The molecule has 0 aliphatic carbocycles. The van der Waals surface area contributed by atoms with Crippen molar-refractivity contribution in [1.29, 1.82) is 0 Å². The number of likely N-dealkylation sites (tertiary alicyclic amines) is 1. The summed E-state index contributed by atoms with van der Waals surface area (Å²) in [5.41, 5.74) is -0.143. The summed E-state index contributed by atoms with van der Waals surface area (Å²) in [5.74, 6) is -0.678. The summed E-state index contributed by atoms with van der Waals surface area (Å²) in [6.07, 6.45) is 4.57. The molecule has 0 saturated carbocycles. The van der Waals surface area contributed by atoms with Crippen LogP contribution in [-0.4, -0.2) is 49.5 Å². The molecule has 1 aromatic rings. The van der Waals surface area contributed by atoms with Crippen LogP contribution in [0.4, 0.5) is 0 Å². The van der Waals surface area contributed by atoms with E-state index in [-0.39, 0.29) is 24.2 Å². The van der Waals surface area contributed by atoms with E-state index in [9.17, 15) is 9.59 Å². The van der Waals surface area contributed by atoms with E-state index in [1.165, 1.54) is 10.9 Å². The molecule has 0 spiro atoms. The van der Waals surface area contributed by atoms with Crippen LogP contribution in [-0.2, 0) is 11.3 Å². The Kier molecular flexibility index (Phi) is 4.36. The van der Waals surface area contributed by atoms with Crippen LogP contribution in [0.5, 0.6) is 0 Å². The van der Waals surface area contributed by atoms with Crippen molar-refractivity contribution in [1.82, 2.24) is 19.9 Å². The lowest BCUT2D eigenvalue weighted by Gasteiger charge is -2.28. The van der Waals surface area contributed by atoms with Gasteiger partial charge in [-0.2, -0.15) is 0 Å². The van der Waals surface area contributed by atoms with Gasteiger partial charge in [0.2, 0.25) is 5.91 Å².